The van der Waals surface area contributed by atoms with Gasteiger partial charge in [-0.05, 0) is 43.2 Å². The van der Waals surface area contributed by atoms with Gasteiger partial charge in [-0.3, -0.25) is 4.79 Å². The number of anilines is 1. The van der Waals surface area contributed by atoms with Gasteiger partial charge in [0, 0.05) is 11.9 Å². The molecule has 1 aromatic carbocycles. The van der Waals surface area contributed by atoms with Gasteiger partial charge in [0.2, 0.25) is 5.91 Å². The second kappa shape index (κ2) is 6.99. The van der Waals surface area contributed by atoms with Crippen LogP contribution in [0.25, 0.3) is 0 Å². The Bertz CT molecular complexity index is 699. The highest BCUT2D eigenvalue weighted by atomic mass is 32.2. The van der Waals surface area contributed by atoms with Crippen LogP contribution >= 0.6 is 11.8 Å². The van der Waals surface area contributed by atoms with Crippen molar-refractivity contribution in [1.82, 2.24) is 9.97 Å². The maximum atomic E-state index is 12.6. The van der Waals surface area contributed by atoms with E-state index in [4.69, 9.17) is 0 Å². The molecule has 122 valence electrons. The van der Waals surface area contributed by atoms with Crippen LogP contribution in [0, 0.1) is 13.8 Å². The quantitative estimate of drug-likeness (QED) is 0.678. The third-order valence-electron chi connectivity index (χ3n) is 2.76. The Balaban J connectivity index is 1.97. The summed E-state index contributed by atoms with van der Waals surface area (Å²) in [4.78, 5) is 19.0. The standard InChI is InChI=1S/C15H14F3N3OS/c1-9-5-10(2)7-11(6-9)20-13(22)8-23-14-19-4-3-12(21-14)15(16,17)18/h3-7H,8H2,1-2H3,(H,20,22). The molecule has 0 radical (unpaired) electrons. The molecule has 0 atom stereocenters. The first-order valence-electron chi connectivity index (χ1n) is 6.65. The molecule has 0 unspecified atom stereocenters. The maximum Gasteiger partial charge on any atom is 0.433 e. The molecule has 1 aromatic heterocycles. The van der Waals surface area contributed by atoms with Gasteiger partial charge in [0.05, 0.1) is 5.75 Å². The van der Waals surface area contributed by atoms with Crippen LogP contribution in [0.4, 0.5) is 18.9 Å². The fourth-order valence-electron chi connectivity index (χ4n) is 1.94. The van der Waals surface area contributed by atoms with E-state index in [1.54, 1.807) is 0 Å². The Morgan fingerprint density at radius 1 is 1.22 bits per heavy atom. The van der Waals surface area contributed by atoms with Crippen molar-refractivity contribution < 1.29 is 18.0 Å². The van der Waals surface area contributed by atoms with Gasteiger partial charge in [0.25, 0.3) is 0 Å². The van der Waals surface area contributed by atoms with E-state index < -0.39 is 11.9 Å². The molecule has 0 saturated carbocycles. The zero-order valence-electron chi connectivity index (χ0n) is 12.4. The number of nitrogens with one attached hydrogen (secondary N) is 1. The molecule has 1 heterocycles. The molecule has 0 saturated heterocycles. The third-order valence-corrected chi connectivity index (χ3v) is 3.62. The second-order valence-corrected chi connectivity index (χ2v) is 5.88. The number of carbonyl (C=O) groups is 1. The summed E-state index contributed by atoms with van der Waals surface area (Å²) in [7, 11) is 0. The molecule has 23 heavy (non-hydrogen) atoms. The first-order valence-corrected chi connectivity index (χ1v) is 7.64. The Hall–Kier alpha value is -2.09. The van der Waals surface area contributed by atoms with Crippen LogP contribution in [-0.2, 0) is 11.0 Å². The first-order chi connectivity index (χ1) is 10.7. The summed E-state index contributed by atoms with van der Waals surface area (Å²) in [5.41, 5.74) is 1.64. The minimum Gasteiger partial charge on any atom is -0.325 e. The monoisotopic (exact) mass is 341 g/mol. The van der Waals surface area contributed by atoms with Crippen LogP contribution in [0.1, 0.15) is 16.8 Å². The fraction of sp³-hybridized carbons (Fsp3) is 0.267. The number of benzene rings is 1. The molecule has 1 amide bonds. The predicted molar refractivity (Wildman–Crippen MR) is 82.3 cm³/mol. The molecule has 0 aliphatic carbocycles. The van der Waals surface area contributed by atoms with Crippen LogP contribution in [0.15, 0.2) is 35.6 Å². The van der Waals surface area contributed by atoms with Gasteiger partial charge in [0.1, 0.15) is 5.69 Å². The lowest BCUT2D eigenvalue weighted by Crippen LogP contribution is -2.15. The molecule has 4 nitrogen and oxygen atoms in total. The Morgan fingerprint density at radius 3 is 2.48 bits per heavy atom. The average Bonchev–Trinajstić information content (AvgIpc) is 2.43. The highest BCUT2D eigenvalue weighted by Crippen LogP contribution is 2.28. The van der Waals surface area contributed by atoms with Crippen LogP contribution in [0.3, 0.4) is 0 Å². The van der Waals surface area contributed by atoms with E-state index in [0.29, 0.717) is 5.69 Å². The Kier molecular flexibility index (Phi) is 5.25. The maximum absolute atomic E-state index is 12.6. The van der Waals surface area contributed by atoms with E-state index in [1.807, 2.05) is 32.0 Å². The number of aryl methyl sites for hydroxylation is 2. The lowest BCUT2D eigenvalue weighted by Gasteiger charge is -2.08. The zero-order valence-corrected chi connectivity index (χ0v) is 13.3. The van der Waals surface area contributed by atoms with Crippen molar-refractivity contribution in [3.8, 4) is 0 Å². The topological polar surface area (TPSA) is 54.9 Å². The van der Waals surface area contributed by atoms with Crippen molar-refractivity contribution >= 4 is 23.4 Å². The SMILES string of the molecule is Cc1cc(C)cc(NC(=O)CSc2nccc(C(F)(F)F)n2)c1. The molecule has 0 spiro atoms. The van der Waals surface area contributed by atoms with Crippen molar-refractivity contribution in [3.63, 3.8) is 0 Å². The van der Waals surface area contributed by atoms with Gasteiger partial charge in [-0.1, -0.05) is 17.8 Å². The summed E-state index contributed by atoms with van der Waals surface area (Å²) in [6.07, 6.45) is -3.50. The fourth-order valence-corrected chi connectivity index (χ4v) is 2.57. The number of hydrogen-bond donors (Lipinski definition) is 1. The van der Waals surface area contributed by atoms with Crippen molar-refractivity contribution in [2.24, 2.45) is 0 Å². The Morgan fingerprint density at radius 2 is 1.87 bits per heavy atom. The zero-order chi connectivity index (χ0) is 17.0. The molecular formula is C15H14F3N3OS. The number of thioether (sulfide) groups is 1. The molecule has 0 fully saturated rings. The third kappa shape index (κ3) is 5.24. The van der Waals surface area contributed by atoms with E-state index >= 15 is 0 Å². The number of amides is 1. The summed E-state index contributed by atoms with van der Waals surface area (Å²) >= 11 is 0.852. The summed E-state index contributed by atoms with van der Waals surface area (Å²) in [6.45, 7) is 3.82. The van der Waals surface area contributed by atoms with Crippen molar-refractivity contribution in [1.29, 1.82) is 0 Å². The largest absolute Gasteiger partial charge is 0.433 e. The lowest BCUT2D eigenvalue weighted by molar-refractivity contribution is -0.141. The minimum absolute atomic E-state index is 0.0751. The van der Waals surface area contributed by atoms with E-state index in [9.17, 15) is 18.0 Å². The highest BCUT2D eigenvalue weighted by Gasteiger charge is 2.32. The normalized spacial score (nSPS) is 11.3. The van der Waals surface area contributed by atoms with E-state index in [-0.39, 0.29) is 16.8 Å². The number of alkyl halides is 3. The average molecular weight is 341 g/mol. The van der Waals surface area contributed by atoms with E-state index in [1.165, 1.54) is 0 Å². The van der Waals surface area contributed by atoms with Crippen LogP contribution in [0.5, 0.6) is 0 Å². The summed E-state index contributed by atoms with van der Waals surface area (Å²) in [5, 5.41) is 2.61. The van der Waals surface area contributed by atoms with Crippen molar-refractivity contribution in [2.75, 3.05) is 11.1 Å². The Labute approximate surface area is 135 Å². The number of rotatable bonds is 4. The van der Waals surface area contributed by atoms with Gasteiger partial charge < -0.3 is 5.32 Å². The van der Waals surface area contributed by atoms with Crippen LogP contribution in [-0.4, -0.2) is 21.6 Å². The summed E-state index contributed by atoms with van der Waals surface area (Å²) < 4.78 is 37.7. The molecule has 2 rings (SSSR count). The van der Waals surface area contributed by atoms with Gasteiger partial charge in [-0.15, -0.1) is 0 Å². The number of hydrogen-bond acceptors (Lipinski definition) is 4. The molecule has 1 N–H and O–H groups in total. The van der Waals surface area contributed by atoms with Gasteiger partial charge in [-0.25, -0.2) is 9.97 Å². The first kappa shape index (κ1) is 17.3. The van der Waals surface area contributed by atoms with Gasteiger partial charge >= 0.3 is 6.18 Å². The molecule has 8 heteroatoms. The van der Waals surface area contributed by atoms with Gasteiger partial charge in [-0.2, -0.15) is 13.2 Å². The molecule has 0 aliphatic rings. The van der Waals surface area contributed by atoms with E-state index in [0.717, 1.165) is 35.2 Å². The molecule has 0 aliphatic heterocycles. The molecule has 2 aromatic rings. The number of aromatic nitrogens is 2. The summed E-state index contributed by atoms with van der Waals surface area (Å²) in [5.74, 6) is -0.407. The van der Waals surface area contributed by atoms with Crippen molar-refractivity contribution in [2.45, 2.75) is 25.2 Å². The van der Waals surface area contributed by atoms with Crippen molar-refractivity contribution in [3.05, 3.63) is 47.3 Å². The number of carbonyl (C=O) groups excluding carboxylic acids is 1. The second-order valence-electron chi connectivity index (χ2n) is 4.94. The number of nitrogens with zero attached hydrogens (tertiary/aromatic N) is 2. The number of halogens is 3. The molecular weight excluding hydrogens is 327 g/mol. The van der Waals surface area contributed by atoms with E-state index in [2.05, 4.69) is 15.3 Å². The summed E-state index contributed by atoms with van der Waals surface area (Å²) in [6, 6.07) is 6.40. The predicted octanol–water partition coefficient (Wildman–Crippen LogP) is 3.84. The minimum atomic E-state index is -4.53. The lowest BCUT2D eigenvalue weighted by atomic mass is 10.1. The van der Waals surface area contributed by atoms with Crippen LogP contribution < -0.4 is 5.32 Å². The van der Waals surface area contributed by atoms with Gasteiger partial charge in [0.15, 0.2) is 5.16 Å². The molecule has 0 bridgehead atoms. The smallest absolute Gasteiger partial charge is 0.325 e. The highest BCUT2D eigenvalue weighted by molar-refractivity contribution is 7.99. The van der Waals surface area contributed by atoms with Crippen LogP contribution in [0.2, 0.25) is 0 Å².